The largest absolute Gasteiger partial charge is 0.494 e. The fourth-order valence-corrected chi connectivity index (χ4v) is 2.42. The Hall–Kier alpha value is -2.82. The highest BCUT2D eigenvalue weighted by Crippen LogP contribution is 2.16. The number of anilines is 1. The SMILES string of the molecule is CCOc1ccc(NC(=O)[C@H](C)OC(=O)Cc2ccc(C)c(C)c2)cc1. The Labute approximate surface area is 154 Å². The molecule has 0 spiro atoms. The zero-order chi connectivity index (χ0) is 19.1. The van der Waals surface area contributed by atoms with Gasteiger partial charge >= 0.3 is 5.97 Å². The minimum Gasteiger partial charge on any atom is -0.494 e. The molecule has 0 saturated heterocycles. The van der Waals surface area contributed by atoms with E-state index in [9.17, 15) is 9.59 Å². The van der Waals surface area contributed by atoms with Crippen molar-refractivity contribution in [2.45, 2.75) is 40.2 Å². The second-order valence-corrected chi connectivity index (χ2v) is 6.17. The molecule has 0 fully saturated rings. The first-order chi connectivity index (χ1) is 12.4. The summed E-state index contributed by atoms with van der Waals surface area (Å²) in [7, 11) is 0. The summed E-state index contributed by atoms with van der Waals surface area (Å²) in [6.45, 7) is 8.06. The smallest absolute Gasteiger partial charge is 0.311 e. The van der Waals surface area contributed by atoms with Crippen molar-refractivity contribution in [2.75, 3.05) is 11.9 Å². The normalized spacial score (nSPS) is 11.5. The standard InChI is InChI=1S/C21H25NO4/c1-5-25-19-10-8-18(9-11-19)22-21(24)16(4)26-20(23)13-17-7-6-14(2)15(3)12-17/h6-12,16H,5,13H2,1-4H3,(H,22,24)/t16-/m0/s1. The lowest BCUT2D eigenvalue weighted by Crippen LogP contribution is -2.30. The van der Waals surface area contributed by atoms with Crippen molar-refractivity contribution in [1.82, 2.24) is 0 Å². The molecule has 1 atom stereocenters. The molecular formula is C21H25NO4. The average molecular weight is 355 g/mol. The zero-order valence-corrected chi connectivity index (χ0v) is 15.7. The van der Waals surface area contributed by atoms with Gasteiger partial charge in [0.1, 0.15) is 5.75 Å². The van der Waals surface area contributed by atoms with Crippen LogP contribution in [0.25, 0.3) is 0 Å². The van der Waals surface area contributed by atoms with Crippen molar-refractivity contribution >= 4 is 17.6 Å². The Morgan fingerprint density at radius 2 is 1.73 bits per heavy atom. The molecule has 5 heteroatoms. The summed E-state index contributed by atoms with van der Waals surface area (Å²) in [5.74, 6) is -0.0661. The van der Waals surface area contributed by atoms with Crippen LogP contribution in [-0.2, 0) is 20.7 Å². The van der Waals surface area contributed by atoms with E-state index >= 15 is 0 Å². The van der Waals surface area contributed by atoms with Crippen LogP contribution in [0.4, 0.5) is 5.69 Å². The lowest BCUT2D eigenvalue weighted by atomic mass is 10.0. The van der Waals surface area contributed by atoms with E-state index < -0.39 is 12.1 Å². The van der Waals surface area contributed by atoms with Crippen molar-refractivity contribution in [1.29, 1.82) is 0 Å². The van der Waals surface area contributed by atoms with Crippen LogP contribution in [0.15, 0.2) is 42.5 Å². The van der Waals surface area contributed by atoms with Gasteiger partial charge < -0.3 is 14.8 Å². The molecule has 1 amide bonds. The number of esters is 1. The summed E-state index contributed by atoms with van der Waals surface area (Å²) in [5, 5.41) is 2.73. The Kier molecular flexibility index (Phi) is 6.78. The Morgan fingerprint density at radius 1 is 1.04 bits per heavy atom. The van der Waals surface area contributed by atoms with Crippen LogP contribution >= 0.6 is 0 Å². The number of ether oxygens (including phenoxy) is 2. The van der Waals surface area contributed by atoms with Crippen LogP contribution in [0.3, 0.4) is 0 Å². The van der Waals surface area contributed by atoms with Gasteiger partial charge in [0.25, 0.3) is 5.91 Å². The highest BCUT2D eigenvalue weighted by atomic mass is 16.5. The number of rotatable bonds is 7. The Bertz CT molecular complexity index is 768. The van der Waals surface area contributed by atoms with Gasteiger partial charge in [-0.2, -0.15) is 0 Å². The highest BCUT2D eigenvalue weighted by molar-refractivity contribution is 5.95. The van der Waals surface area contributed by atoms with Gasteiger partial charge in [0.05, 0.1) is 13.0 Å². The topological polar surface area (TPSA) is 64.6 Å². The fraction of sp³-hybridized carbons (Fsp3) is 0.333. The number of hydrogen-bond acceptors (Lipinski definition) is 4. The average Bonchev–Trinajstić information content (AvgIpc) is 2.60. The first-order valence-electron chi connectivity index (χ1n) is 8.68. The highest BCUT2D eigenvalue weighted by Gasteiger charge is 2.18. The zero-order valence-electron chi connectivity index (χ0n) is 15.7. The summed E-state index contributed by atoms with van der Waals surface area (Å²) < 4.78 is 10.6. The lowest BCUT2D eigenvalue weighted by molar-refractivity contribution is -0.152. The molecule has 0 heterocycles. The van der Waals surface area contributed by atoms with E-state index in [1.807, 2.05) is 39.0 Å². The van der Waals surface area contributed by atoms with Gasteiger partial charge in [-0.1, -0.05) is 18.2 Å². The van der Waals surface area contributed by atoms with Gasteiger partial charge in [-0.15, -0.1) is 0 Å². The number of carbonyl (C=O) groups excluding carboxylic acids is 2. The minimum absolute atomic E-state index is 0.141. The summed E-state index contributed by atoms with van der Waals surface area (Å²) in [6.07, 6.45) is -0.734. The van der Waals surface area contributed by atoms with Gasteiger partial charge in [-0.05, 0) is 68.7 Å². The molecular weight excluding hydrogens is 330 g/mol. The van der Waals surface area contributed by atoms with Crippen LogP contribution in [0.5, 0.6) is 5.75 Å². The molecule has 0 aliphatic carbocycles. The third-order valence-corrected chi connectivity index (χ3v) is 4.03. The Balaban J connectivity index is 1.87. The predicted molar refractivity (Wildman–Crippen MR) is 101 cm³/mol. The molecule has 0 aliphatic heterocycles. The molecule has 0 unspecified atom stereocenters. The first kappa shape index (κ1) is 19.5. The van der Waals surface area contributed by atoms with Crippen LogP contribution in [0.2, 0.25) is 0 Å². The predicted octanol–water partition coefficient (Wildman–Crippen LogP) is 3.82. The fourth-order valence-electron chi connectivity index (χ4n) is 2.42. The van der Waals surface area contributed by atoms with Crippen LogP contribution in [0.1, 0.15) is 30.5 Å². The minimum atomic E-state index is -0.874. The van der Waals surface area contributed by atoms with Crippen LogP contribution in [0, 0.1) is 13.8 Å². The molecule has 2 rings (SSSR count). The molecule has 1 N–H and O–H groups in total. The van der Waals surface area contributed by atoms with E-state index in [1.54, 1.807) is 31.2 Å². The van der Waals surface area contributed by atoms with Crippen molar-refractivity contribution in [3.8, 4) is 5.75 Å². The van der Waals surface area contributed by atoms with Gasteiger partial charge in [0.15, 0.2) is 6.10 Å². The second-order valence-electron chi connectivity index (χ2n) is 6.17. The number of aryl methyl sites for hydroxylation is 2. The molecule has 2 aromatic carbocycles. The van der Waals surface area contributed by atoms with Crippen molar-refractivity contribution in [3.05, 3.63) is 59.2 Å². The maximum absolute atomic E-state index is 12.2. The molecule has 0 aromatic heterocycles. The number of benzene rings is 2. The molecule has 138 valence electrons. The number of amides is 1. The van der Waals surface area contributed by atoms with E-state index in [1.165, 1.54) is 5.56 Å². The summed E-state index contributed by atoms with van der Waals surface area (Å²) >= 11 is 0. The maximum Gasteiger partial charge on any atom is 0.311 e. The third kappa shape index (κ3) is 5.62. The van der Waals surface area contributed by atoms with E-state index in [-0.39, 0.29) is 12.3 Å². The molecule has 5 nitrogen and oxygen atoms in total. The van der Waals surface area contributed by atoms with Crippen LogP contribution < -0.4 is 10.1 Å². The van der Waals surface area contributed by atoms with Crippen molar-refractivity contribution in [2.24, 2.45) is 0 Å². The molecule has 0 bridgehead atoms. The molecule has 0 aliphatic rings. The van der Waals surface area contributed by atoms with E-state index in [2.05, 4.69) is 5.32 Å². The second kappa shape index (κ2) is 9.04. The molecule has 26 heavy (non-hydrogen) atoms. The number of nitrogens with one attached hydrogen (secondary N) is 1. The first-order valence-corrected chi connectivity index (χ1v) is 8.68. The van der Waals surface area contributed by atoms with Crippen molar-refractivity contribution in [3.63, 3.8) is 0 Å². The van der Waals surface area contributed by atoms with Crippen molar-refractivity contribution < 1.29 is 19.1 Å². The molecule has 0 saturated carbocycles. The van der Waals surface area contributed by atoms with E-state index in [0.717, 1.165) is 16.9 Å². The molecule has 0 radical (unpaired) electrons. The number of hydrogen-bond donors (Lipinski definition) is 1. The van der Waals surface area contributed by atoms with Gasteiger partial charge in [-0.25, -0.2) is 0 Å². The monoisotopic (exact) mass is 355 g/mol. The van der Waals surface area contributed by atoms with Gasteiger partial charge in [-0.3, -0.25) is 9.59 Å². The summed E-state index contributed by atoms with van der Waals surface area (Å²) in [6, 6.07) is 12.9. The van der Waals surface area contributed by atoms with Gasteiger partial charge in [0, 0.05) is 5.69 Å². The van der Waals surface area contributed by atoms with Crippen LogP contribution in [-0.4, -0.2) is 24.6 Å². The number of carbonyl (C=O) groups is 2. The molecule has 2 aromatic rings. The Morgan fingerprint density at radius 3 is 2.35 bits per heavy atom. The quantitative estimate of drug-likeness (QED) is 0.767. The summed E-state index contributed by atoms with van der Waals surface area (Å²) in [5.41, 5.74) is 3.79. The van der Waals surface area contributed by atoms with E-state index in [4.69, 9.17) is 9.47 Å². The van der Waals surface area contributed by atoms with Gasteiger partial charge in [0.2, 0.25) is 0 Å². The summed E-state index contributed by atoms with van der Waals surface area (Å²) in [4.78, 5) is 24.3. The van der Waals surface area contributed by atoms with E-state index in [0.29, 0.717) is 12.3 Å². The maximum atomic E-state index is 12.2. The third-order valence-electron chi connectivity index (χ3n) is 4.03. The lowest BCUT2D eigenvalue weighted by Gasteiger charge is -2.14.